The molecular formula is C22H30N2O3. The van der Waals surface area contributed by atoms with Gasteiger partial charge in [0.1, 0.15) is 6.04 Å². The van der Waals surface area contributed by atoms with E-state index in [4.69, 9.17) is 5.21 Å². The van der Waals surface area contributed by atoms with E-state index in [-0.39, 0.29) is 0 Å². The van der Waals surface area contributed by atoms with Crippen LogP contribution >= 0.6 is 0 Å². The highest BCUT2D eigenvalue weighted by Gasteiger charge is 2.39. The van der Waals surface area contributed by atoms with Gasteiger partial charge in [0.05, 0.1) is 5.60 Å². The lowest BCUT2D eigenvalue weighted by atomic mass is 9.86. The van der Waals surface area contributed by atoms with Gasteiger partial charge >= 0.3 is 0 Å². The van der Waals surface area contributed by atoms with Crippen molar-refractivity contribution in [3.8, 4) is 0 Å². The van der Waals surface area contributed by atoms with Crippen molar-refractivity contribution in [2.24, 2.45) is 0 Å². The Balaban J connectivity index is 1.64. The number of carbonyl (C=O) groups is 1. The van der Waals surface area contributed by atoms with Crippen molar-refractivity contribution >= 4 is 11.5 Å². The Morgan fingerprint density at radius 3 is 2.41 bits per heavy atom. The molecule has 0 spiro atoms. The minimum atomic E-state index is -1.22. The molecule has 1 aliphatic carbocycles. The second-order valence-corrected chi connectivity index (χ2v) is 8.12. The summed E-state index contributed by atoms with van der Waals surface area (Å²) in [6, 6.07) is 8.12. The molecule has 1 aromatic rings. The molecule has 1 unspecified atom stereocenters. The van der Waals surface area contributed by atoms with E-state index in [0.717, 1.165) is 25.7 Å². The van der Waals surface area contributed by atoms with Crippen LogP contribution in [0, 0.1) is 0 Å². The van der Waals surface area contributed by atoms with Crippen LogP contribution in [0.1, 0.15) is 56.6 Å². The topological polar surface area (TPSA) is 72.8 Å². The molecule has 2 aliphatic rings. The first-order valence-corrected chi connectivity index (χ1v) is 9.76. The third-order valence-electron chi connectivity index (χ3n) is 5.69. The molecule has 1 saturated heterocycles. The number of rotatable bonds is 5. The Morgan fingerprint density at radius 2 is 1.89 bits per heavy atom. The van der Waals surface area contributed by atoms with E-state index >= 15 is 0 Å². The fourth-order valence-electron chi connectivity index (χ4n) is 4.30. The Morgan fingerprint density at radius 1 is 1.22 bits per heavy atom. The van der Waals surface area contributed by atoms with Crippen LogP contribution in [0.15, 0.2) is 42.5 Å². The van der Waals surface area contributed by atoms with Gasteiger partial charge in [0.25, 0.3) is 5.91 Å². The average Bonchev–Trinajstić information content (AvgIpc) is 2.68. The van der Waals surface area contributed by atoms with E-state index in [0.29, 0.717) is 19.0 Å². The average molecular weight is 370 g/mol. The smallest absolute Gasteiger partial charge is 0.263 e. The van der Waals surface area contributed by atoms with Gasteiger partial charge in [-0.05, 0) is 75.2 Å². The minimum absolute atomic E-state index is 0.454. The summed E-state index contributed by atoms with van der Waals surface area (Å²) in [5.41, 5.74) is 4.49. The molecule has 146 valence electrons. The second-order valence-electron chi connectivity index (χ2n) is 8.12. The molecule has 1 aliphatic heterocycles. The number of hydrogen-bond acceptors (Lipinski definition) is 4. The van der Waals surface area contributed by atoms with E-state index < -0.39 is 17.6 Å². The molecule has 1 heterocycles. The maximum atomic E-state index is 12.0. The highest BCUT2D eigenvalue weighted by molar-refractivity contribution is 5.82. The van der Waals surface area contributed by atoms with Gasteiger partial charge in [0.2, 0.25) is 0 Å². The van der Waals surface area contributed by atoms with Crippen molar-refractivity contribution in [1.29, 1.82) is 0 Å². The number of amides is 1. The van der Waals surface area contributed by atoms with E-state index in [9.17, 15) is 9.90 Å². The lowest BCUT2D eigenvalue weighted by molar-refractivity contribution is -0.145. The first-order chi connectivity index (χ1) is 12.9. The van der Waals surface area contributed by atoms with Gasteiger partial charge in [-0.1, -0.05) is 42.5 Å². The van der Waals surface area contributed by atoms with Crippen molar-refractivity contribution < 1.29 is 15.1 Å². The van der Waals surface area contributed by atoms with Crippen LogP contribution in [0.25, 0.3) is 5.57 Å². The maximum absolute atomic E-state index is 12.0. The van der Waals surface area contributed by atoms with E-state index in [1.54, 1.807) is 19.3 Å². The molecule has 1 amide bonds. The summed E-state index contributed by atoms with van der Waals surface area (Å²) < 4.78 is 0. The maximum Gasteiger partial charge on any atom is 0.263 e. The second kappa shape index (κ2) is 8.38. The number of benzene rings is 1. The molecule has 0 bridgehead atoms. The van der Waals surface area contributed by atoms with Crippen molar-refractivity contribution in [1.82, 2.24) is 10.4 Å². The van der Waals surface area contributed by atoms with Crippen molar-refractivity contribution in [2.75, 3.05) is 13.1 Å². The number of aliphatic hydroxyl groups is 1. The minimum Gasteiger partial charge on any atom is -0.388 e. The third-order valence-corrected chi connectivity index (χ3v) is 5.69. The molecule has 0 saturated carbocycles. The van der Waals surface area contributed by atoms with Gasteiger partial charge in [-0.2, -0.15) is 0 Å². The van der Waals surface area contributed by atoms with E-state index in [1.807, 2.05) is 4.90 Å². The number of allylic oxidation sites excluding steroid dienone is 4. The first-order valence-electron chi connectivity index (χ1n) is 9.76. The van der Waals surface area contributed by atoms with Crippen LogP contribution in [0.4, 0.5) is 0 Å². The van der Waals surface area contributed by atoms with Crippen LogP contribution < -0.4 is 5.48 Å². The van der Waals surface area contributed by atoms with Crippen LogP contribution in [0.5, 0.6) is 0 Å². The van der Waals surface area contributed by atoms with Crippen molar-refractivity contribution in [2.45, 2.75) is 57.1 Å². The van der Waals surface area contributed by atoms with Crippen molar-refractivity contribution in [3.05, 3.63) is 53.6 Å². The fourth-order valence-corrected chi connectivity index (χ4v) is 4.30. The molecule has 27 heavy (non-hydrogen) atoms. The lowest BCUT2D eigenvalue weighted by Crippen LogP contribution is -2.58. The number of nitrogens with one attached hydrogen (secondary N) is 1. The Hall–Kier alpha value is -1.95. The third kappa shape index (κ3) is 4.67. The molecule has 3 N–H and O–H groups in total. The van der Waals surface area contributed by atoms with Gasteiger partial charge in [-0.15, -0.1) is 0 Å². The lowest BCUT2D eigenvalue weighted by Gasteiger charge is -2.41. The number of hydroxylamine groups is 1. The van der Waals surface area contributed by atoms with Gasteiger partial charge in [-0.25, -0.2) is 5.48 Å². The fraction of sp³-hybridized carbons (Fsp3) is 0.500. The predicted octanol–water partition coefficient (Wildman–Crippen LogP) is 3.24. The van der Waals surface area contributed by atoms with Crippen molar-refractivity contribution in [3.63, 3.8) is 0 Å². The first kappa shape index (κ1) is 19.8. The number of hydrogen-bond donors (Lipinski definition) is 3. The molecule has 1 aromatic carbocycles. The standard InChI is InChI=1S/C22H30N2O3/c1-22(2,26)20(21(25)23-27)24-14-12-19(13-15-24)18-10-8-17(9-11-18)16-6-4-3-5-7-16/h3-4,6,8-11,19-20,26-27H,5,7,12-15H2,1-2H3,(H,23,25). The summed E-state index contributed by atoms with van der Waals surface area (Å²) in [6.07, 6.45) is 10.6. The molecule has 5 nitrogen and oxygen atoms in total. The van der Waals surface area contributed by atoms with Gasteiger partial charge < -0.3 is 5.11 Å². The zero-order valence-electron chi connectivity index (χ0n) is 16.2. The van der Waals surface area contributed by atoms with Gasteiger partial charge in [0, 0.05) is 0 Å². The number of carbonyl (C=O) groups excluding carboxylic acids is 1. The van der Waals surface area contributed by atoms with Crippen LogP contribution in [0.3, 0.4) is 0 Å². The Bertz CT molecular complexity index is 708. The number of piperidine rings is 1. The zero-order valence-corrected chi connectivity index (χ0v) is 16.2. The zero-order chi connectivity index (χ0) is 19.4. The largest absolute Gasteiger partial charge is 0.388 e. The van der Waals surface area contributed by atoms with Gasteiger partial charge in [-0.3, -0.25) is 14.9 Å². The predicted molar refractivity (Wildman–Crippen MR) is 106 cm³/mol. The van der Waals surface area contributed by atoms with Crippen LogP contribution in [-0.2, 0) is 4.79 Å². The van der Waals surface area contributed by atoms with Crippen LogP contribution in [0.2, 0.25) is 0 Å². The Kier molecular flexibility index (Phi) is 6.15. The molecule has 1 fully saturated rings. The van der Waals surface area contributed by atoms with Crippen LogP contribution in [-0.4, -0.2) is 45.9 Å². The van der Waals surface area contributed by atoms with Gasteiger partial charge in [0.15, 0.2) is 0 Å². The normalized spacial score (nSPS) is 20.2. The summed E-state index contributed by atoms with van der Waals surface area (Å²) in [4.78, 5) is 14.0. The molecular weight excluding hydrogens is 340 g/mol. The molecule has 5 heteroatoms. The summed E-state index contributed by atoms with van der Waals surface area (Å²) in [6.45, 7) is 4.63. The number of likely N-dealkylation sites (tertiary alicyclic amines) is 1. The molecule has 1 atom stereocenters. The summed E-state index contributed by atoms with van der Waals surface area (Å²) in [5.74, 6) is -0.102. The van der Waals surface area contributed by atoms with E-state index in [2.05, 4.69) is 42.5 Å². The summed E-state index contributed by atoms with van der Waals surface area (Å²) >= 11 is 0. The molecule has 0 aromatic heterocycles. The quantitative estimate of drug-likeness (QED) is 0.550. The molecule has 3 rings (SSSR count). The molecule has 0 radical (unpaired) electrons. The van der Waals surface area contributed by atoms with E-state index in [1.165, 1.54) is 16.7 Å². The summed E-state index contributed by atoms with van der Waals surface area (Å²) in [7, 11) is 0. The Labute approximate surface area is 161 Å². The SMILES string of the molecule is CC(C)(O)C(C(=O)NO)N1CCC(c2ccc(C3=CC=CCC3)cc2)CC1. The highest BCUT2D eigenvalue weighted by atomic mass is 16.5. The summed E-state index contributed by atoms with van der Waals surface area (Å²) in [5, 5.41) is 19.4. The number of nitrogens with zero attached hydrogens (tertiary/aromatic N) is 1. The highest BCUT2D eigenvalue weighted by Crippen LogP contribution is 2.32. The monoisotopic (exact) mass is 370 g/mol.